The van der Waals surface area contributed by atoms with Crippen LogP contribution in [0.15, 0.2) is 30.5 Å². The molecule has 1 aromatic heterocycles. The van der Waals surface area contributed by atoms with Crippen molar-refractivity contribution in [1.29, 1.82) is 0 Å². The Morgan fingerprint density at radius 3 is 2.72 bits per heavy atom. The average molecular weight is 241 g/mol. The van der Waals surface area contributed by atoms with Crippen molar-refractivity contribution in [3.05, 3.63) is 30.5 Å². The molecule has 1 N–H and O–H groups in total. The third-order valence-corrected chi connectivity index (χ3v) is 3.93. The summed E-state index contributed by atoms with van der Waals surface area (Å²) in [4.78, 5) is 0. The van der Waals surface area contributed by atoms with Crippen molar-refractivity contribution < 1.29 is 0 Å². The van der Waals surface area contributed by atoms with Crippen molar-refractivity contribution in [2.75, 3.05) is 5.32 Å². The predicted molar refractivity (Wildman–Crippen MR) is 74.6 cm³/mol. The number of nitrogens with zero attached hydrogens (tertiary/aromatic N) is 2. The van der Waals surface area contributed by atoms with E-state index in [9.17, 15) is 0 Å². The van der Waals surface area contributed by atoms with Crippen molar-refractivity contribution in [2.45, 2.75) is 38.6 Å². The number of anilines is 1. The summed E-state index contributed by atoms with van der Waals surface area (Å²) >= 11 is 0. The molecule has 3 heteroatoms. The van der Waals surface area contributed by atoms with Crippen LogP contribution in [0.1, 0.15) is 32.6 Å². The Bertz CT molecular complexity index is 525. The maximum atomic E-state index is 4.26. The molecule has 0 aliphatic heterocycles. The Morgan fingerprint density at radius 1 is 1.11 bits per heavy atom. The lowest BCUT2D eigenvalue weighted by molar-refractivity contribution is 0.361. The number of benzene rings is 1. The molecule has 1 aliphatic rings. The van der Waals surface area contributed by atoms with Gasteiger partial charge in [-0.05, 0) is 31.6 Å². The van der Waals surface area contributed by atoms with Crippen molar-refractivity contribution >= 4 is 16.6 Å². The molecule has 1 aliphatic carbocycles. The van der Waals surface area contributed by atoms with Gasteiger partial charge in [0.25, 0.3) is 0 Å². The Balaban J connectivity index is 1.82. The highest BCUT2D eigenvalue weighted by molar-refractivity contribution is 5.90. The first-order valence-electron chi connectivity index (χ1n) is 6.80. The molecule has 18 heavy (non-hydrogen) atoms. The van der Waals surface area contributed by atoms with E-state index in [0.29, 0.717) is 6.04 Å². The summed E-state index contributed by atoms with van der Waals surface area (Å²) in [6.45, 7) is 2.34. The van der Waals surface area contributed by atoms with Crippen LogP contribution in [0, 0.1) is 5.92 Å². The van der Waals surface area contributed by atoms with Crippen molar-refractivity contribution in [2.24, 2.45) is 5.92 Å². The molecule has 0 spiro atoms. The maximum Gasteiger partial charge on any atom is 0.156 e. The number of fused-ring (bicyclic) bond motifs is 1. The van der Waals surface area contributed by atoms with Crippen LogP contribution >= 0.6 is 0 Å². The standard InChI is InChI=1S/C15H19N3/c1-11-6-8-13(9-7-11)17-15-14-5-3-2-4-12(14)10-16-18-15/h2-5,10-11,13H,6-9H2,1H3,(H,17,18). The lowest BCUT2D eigenvalue weighted by atomic mass is 9.87. The van der Waals surface area contributed by atoms with E-state index < -0.39 is 0 Å². The van der Waals surface area contributed by atoms with Crippen molar-refractivity contribution in [3.63, 3.8) is 0 Å². The van der Waals surface area contributed by atoms with Crippen LogP contribution in [-0.2, 0) is 0 Å². The highest BCUT2D eigenvalue weighted by atomic mass is 15.2. The fourth-order valence-electron chi connectivity index (χ4n) is 2.73. The van der Waals surface area contributed by atoms with Crippen LogP contribution < -0.4 is 5.32 Å². The summed E-state index contributed by atoms with van der Waals surface area (Å²) in [6.07, 6.45) is 6.94. The smallest absolute Gasteiger partial charge is 0.156 e. The molecule has 1 saturated carbocycles. The first kappa shape index (κ1) is 11.5. The maximum absolute atomic E-state index is 4.26. The van der Waals surface area contributed by atoms with Gasteiger partial charge in [0.15, 0.2) is 5.82 Å². The third kappa shape index (κ3) is 2.30. The minimum absolute atomic E-state index is 0.557. The second kappa shape index (κ2) is 4.92. The van der Waals surface area contributed by atoms with E-state index in [1.54, 1.807) is 0 Å². The summed E-state index contributed by atoms with van der Waals surface area (Å²) in [5.74, 6) is 1.81. The van der Waals surface area contributed by atoms with Gasteiger partial charge in [0, 0.05) is 16.8 Å². The third-order valence-electron chi connectivity index (χ3n) is 3.93. The van der Waals surface area contributed by atoms with Crippen LogP contribution in [0.5, 0.6) is 0 Å². The quantitative estimate of drug-likeness (QED) is 0.872. The van der Waals surface area contributed by atoms with Crippen LogP contribution in [0.3, 0.4) is 0 Å². The highest BCUT2D eigenvalue weighted by Crippen LogP contribution is 2.27. The molecule has 2 aromatic rings. The van der Waals surface area contributed by atoms with E-state index in [2.05, 4.69) is 40.6 Å². The fourth-order valence-corrected chi connectivity index (χ4v) is 2.73. The molecule has 3 rings (SSSR count). The second-order valence-corrected chi connectivity index (χ2v) is 5.38. The van der Waals surface area contributed by atoms with Gasteiger partial charge in [-0.2, -0.15) is 5.10 Å². The zero-order chi connectivity index (χ0) is 12.4. The van der Waals surface area contributed by atoms with E-state index in [1.165, 1.54) is 31.1 Å². The molecule has 1 fully saturated rings. The van der Waals surface area contributed by atoms with Gasteiger partial charge in [-0.3, -0.25) is 0 Å². The SMILES string of the molecule is CC1CCC(Nc2nncc3ccccc23)CC1. The van der Waals surface area contributed by atoms with Gasteiger partial charge in [0.2, 0.25) is 0 Å². The van der Waals surface area contributed by atoms with E-state index in [1.807, 2.05) is 12.3 Å². The van der Waals surface area contributed by atoms with Gasteiger partial charge in [-0.1, -0.05) is 31.2 Å². The Kier molecular flexibility index (Phi) is 3.13. The van der Waals surface area contributed by atoms with Crippen LogP contribution in [0.4, 0.5) is 5.82 Å². The topological polar surface area (TPSA) is 37.8 Å². The molecule has 3 nitrogen and oxygen atoms in total. The summed E-state index contributed by atoms with van der Waals surface area (Å²) in [5.41, 5.74) is 0. The van der Waals surface area contributed by atoms with E-state index in [-0.39, 0.29) is 0 Å². The monoisotopic (exact) mass is 241 g/mol. The lowest BCUT2D eigenvalue weighted by Gasteiger charge is -2.27. The number of rotatable bonds is 2. The van der Waals surface area contributed by atoms with Gasteiger partial charge in [0.05, 0.1) is 6.20 Å². The molecule has 0 saturated heterocycles. The largest absolute Gasteiger partial charge is 0.365 e. The number of aromatic nitrogens is 2. The minimum Gasteiger partial charge on any atom is -0.365 e. The van der Waals surface area contributed by atoms with Crippen LogP contribution in [0.25, 0.3) is 10.8 Å². The lowest BCUT2D eigenvalue weighted by Crippen LogP contribution is -2.25. The molecular formula is C15H19N3. The van der Waals surface area contributed by atoms with Gasteiger partial charge < -0.3 is 5.32 Å². The molecule has 1 aromatic carbocycles. The normalized spacial score (nSPS) is 24.1. The average Bonchev–Trinajstić information content (AvgIpc) is 2.42. The van der Waals surface area contributed by atoms with Crippen molar-refractivity contribution in [1.82, 2.24) is 10.2 Å². The van der Waals surface area contributed by atoms with E-state index in [0.717, 1.165) is 17.1 Å². The molecule has 1 heterocycles. The van der Waals surface area contributed by atoms with Gasteiger partial charge in [-0.15, -0.1) is 5.10 Å². The first-order valence-corrected chi connectivity index (χ1v) is 6.80. The summed E-state index contributed by atoms with van der Waals surface area (Å²) < 4.78 is 0. The molecule has 94 valence electrons. The zero-order valence-electron chi connectivity index (χ0n) is 10.8. The van der Waals surface area contributed by atoms with Crippen LogP contribution in [-0.4, -0.2) is 16.2 Å². The van der Waals surface area contributed by atoms with Gasteiger partial charge in [-0.25, -0.2) is 0 Å². The Hall–Kier alpha value is -1.64. The van der Waals surface area contributed by atoms with E-state index >= 15 is 0 Å². The van der Waals surface area contributed by atoms with E-state index in [4.69, 9.17) is 0 Å². The first-order chi connectivity index (χ1) is 8.83. The second-order valence-electron chi connectivity index (χ2n) is 5.38. The Labute approximate surface area is 108 Å². The van der Waals surface area contributed by atoms with Crippen molar-refractivity contribution in [3.8, 4) is 0 Å². The fraction of sp³-hybridized carbons (Fsp3) is 0.467. The molecular weight excluding hydrogens is 222 g/mol. The number of nitrogens with one attached hydrogen (secondary N) is 1. The highest BCUT2D eigenvalue weighted by Gasteiger charge is 2.18. The zero-order valence-corrected chi connectivity index (χ0v) is 10.8. The predicted octanol–water partition coefficient (Wildman–Crippen LogP) is 3.62. The Morgan fingerprint density at radius 2 is 1.89 bits per heavy atom. The molecule has 0 unspecified atom stereocenters. The number of hydrogen-bond acceptors (Lipinski definition) is 3. The van der Waals surface area contributed by atoms with Gasteiger partial charge in [0.1, 0.15) is 0 Å². The summed E-state index contributed by atoms with van der Waals surface area (Å²) in [5, 5.41) is 14.2. The summed E-state index contributed by atoms with van der Waals surface area (Å²) in [7, 11) is 0. The minimum atomic E-state index is 0.557. The molecule has 0 amide bonds. The number of hydrogen-bond donors (Lipinski definition) is 1. The molecule has 0 atom stereocenters. The molecule has 0 radical (unpaired) electrons. The van der Waals surface area contributed by atoms with Gasteiger partial charge >= 0.3 is 0 Å². The summed E-state index contributed by atoms with van der Waals surface area (Å²) in [6, 6.07) is 8.84. The molecule has 0 bridgehead atoms. The van der Waals surface area contributed by atoms with Crippen LogP contribution in [0.2, 0.25) is 0 Å².